The molecule has 18 heavy (non-hydrogen) atoms. The molecule has 3 unspecified atom stereocenters. The molecule has 2 heteroatoms. The number of hydrogen-bond acceptors (Lipinski definition) is 1. The zero-order valence-corrected chi connectivity index (χ0v) is 11.5. The Bertz CT molecular complexity index is 377. The molecular formula is C16H24FN. The van der Waals surface area contributed by atoms with Crippen LogP contribution in [-0.4, -0.2) is 6.04 Å². The van der Waals surface area contributed by atoms with Crippen LogP contribution < -0.4 is 5.32 Å². The first-order valence-electron chi connectivity index (χ1n) is 7.22. The summed E-state index contributed by atoms with van der Waals surface area (Å²) in [5.41, 5.74) is 1.05. The van der Waals surface area contributed by atoms with Crippen LogP contribution in [-0.2, 0) is 0 Å². The molecule has 1 saturated carbocycles. The Hall–Kier alpha value is -0.890. The van der Waals surface area contributed by atoms with Gasteiger partial charge in [-0.1, -0.05) is 38.3 Å². The van der Waals surface area contributed by atoms with Crippen molar-refractivity contribution in [3.63, 3.8) is 0 Å². The van der Waals surface area contributed by atoms with Gasteiger partial charge in [-0.15, -0.1) is 0 Å². The lowest BCUT2D eigenvalue weighted by atomic mass is 9.82. The van der Waals surface area contributed by atoms with Crippen LogP contribution in [0.25, 0.3) is 0 Å². The van der Waals surface area contributed by atoms with E-state index in [1.54, 1.807) is 12.1 Å². The van der Waals surface area contributed by atoms with Crippen LogP contribution in [0.1, 0.15) is 57.6 Å². The van der Waals surface area contributed by atoms with Crippen molar-refractivity contribution in [2.24, 2.45) is 5.92 Å². The van der Waals surface area contributed by atoms with Crippen molar-refractivity contribution in [3.05, 3.63) is 35.6 Å². The molecule has 1 aliphatic rings. The van der Waals surface area contributed by atoms with E-state index in [0.717, 1.165) is 11.5 Å². The molecule has 0 spiro atoms. The second-order valence-corrected chi connectivity index (χ2v) is 5.50. The molecule has 1 aromatic carbocycles. The molecule has 2 rings (SSSR count). The van der Waals surface area contributed by atoms with Crippen LogP contribution in [0.3, 0.4) is 0 Å². The summed E-state index contributed by atoms with van der Waals surface area (Å²) in [5.74, 6) is 0.645. The van der Waals surface area contributed by atoms with E-state index in [2.05, 4.69) is 19.2 Å². The predicted molar refractivity (Wildman–Crippen MR) is 74.0 cm³/mol. The molecule has 1 aliphatic carbocycles. The first-order valence-corrected chi connectivity index (χ1v) is 7.22. The SMILES string of the molecule is CCC1CCCCC1NC(C)c1cccc(F)c1. The molecule has 0 bridgehead atoms. The number of halogens is 1. The van der Waals surface area contributed by atoms with Crippen molar-refractivity contribution < 1.29 is 4.39 Å². The normalized spacial score (nSPS) is 25.9. The highest BCUT2D eigenvalue weighted by atomic mass is 19.1. The Kier molecular flexibility index (Phi) is 4.76. The first-order chi connectivity index (χ1) is 8.70. The van der Waals surface area contributed by atoms with Gasteiger partial charge in [-0.05, 0) is 43.4 Å². The summed E-state index contributed by atoms with van der Waals surface area (Å²) in [5, 5.41) is 3.70. The Balaban J connectivity index is 1.99. The van der Waals surface area contributed by atoms with Gasteiger partial charge in [0.15, 0.2) is 0 Å². The van der Waals surface area contributed by atoms with Gasteiger partial charge in [0.2, 0.25) is 0 Å². The Morgan fingerprint density at radius 1 is 1.33 bits per heavy atom. The maximum absolute atomic E-state index is 13.2. The summed E-state index contributed by atoms with van der Waals surface area (Å²) in [4.78, 5) is 0. The van der Waals surface area contributed by atoms with E-state index in [-0.39, 0.29) is 11.9 Å². The lowest BCUT2D eigenvalue weighted by Crippen LogP contribution is -2.39. The van der Waals surface area contributed by atoms with Crippen molar-refractivity contribution >= 4 is 0 Å². The zero-order chi connectivity index (χ0) is 13.0. The molecule has 0 heterocycles. The molecule has 3 atom stereocenters. The van der Waals surface area contributed by atoms with Gasteiger partial charge in [0.05, 0.1) is 0 Å². The summed E-state index contributed by atoms with van der Waals surface area (Å²) in [6, 6.07) is 7.78. The molecule has 1 nitrogen and oxygen atoms in total. The van der Waals surface area contributed by atoms with Gasteiger partial charge in [-0.2, -0.15) is 0 Å². The third-order valence-electron chi connectivity index (χ3n) is 4.25. The fourth-order valence-corrected chi connectivity index (χ4v) is 3.11. The molecule has 0 saturated heterocycles. The molecule has 100 valence electrons. The summed E-state index contributed by atoms with van der Waals surface area (Å²) >= 11 is 0. The van der Waals surface area contributed by atoms with Crippen molar-refractivity contribution in [1.82, 2.24) is 5.32 Å². The predicted octanol–water partition coefficient (Wildman–Crippen LogP) is 4.45. The number of rotatable bonds is 4. The highest BCUT2D eigenvalue weighted by molar-refractivity contribution is 5.19. The third-order valence-corrected chi connectivity index (χ3v) is 4.25. The number of benzene rings is 1. The summed E-state index contributed by atoms with van der Waals surface area (Å²) in [6.45, 7) is 4.41. The highest BCUT2D eigenvalue weighted by Gasteiger charge is 2.24. The minimum atomic E-state index is -0.142. The topological polar surface area (TPSA) is 12.0 Å². The summed E-state index contributed by atoms with van der Waals surface area (Å²) < 4.78 is 13.2. The quantitative estimate of drug-likeness (QED) is 0.831. The Morgan fingerprint density at radius 3 is 2.83 bits per heavy atom. The number of hydrogen-bond donors (Lipinski definition) is 1. The summed E-state index contributed by atoms with van der Waals surface area (Å²) in [7, 11) is 0. The van der Waals surface area contributed by atoms with Gasteiger partial charge < -0.3 is 5.32 Å². The van der Waals surface area contributed by atoms with Crippen molar-refractivity contribution in [2.45, 2.75) is 58.0 Å². The standard InChI is InChI=1S/C16H24FN/c1-3-13-7-4-5-10-16(13)18-12(2)14-8-6-9-15(17)11-14/h6,8-9,11-13,16,18H,3-5,7,10H2,1-2H3. The molecule has 0 aliphatic heterocycles. The van der Waals surface area contributed by atoms with Crippen LogP contribution in [0.2, 0.25) is 0 Å². The summed E-state index contributed by atoms with van der Waals surface area (Å²) in [6.07, 6.45) is 6.53. The maximum Gasteiger partial charge on any atom is 0.123 e. The van der Waals surface area contributed by atoms with E-state index < -0.39 is 0 Å². The van der Waals surface area contributed by atoms with E-state index in [9.17, 15) is 4.39 Å². The molecular weight excluding hydrogens is 225 g/mol. The Labute approximate surface area is 110 Å². The molecule has 1 aromatic rings. The monoisotopic (exact) mass is 249 g/mol. The van der Waals surface area contributed by atoms with Crippen LogP contribution in [0.5, 0.6) is 0 Å². The molecule has 0 radical (unpaired) electrons. The van der Waals surface area contributed by atoms with Gasteiger partial charge in [0.25, 0.3) is 0 Å². The van der Waals surface area contributed by atoms with Crippen molar-refractivity contribution in [3.8, 4) is 0 Å². The lowest BCUT2D eigenvalue weighted by Gasteiger charge is -2.34. The van der Waals surface area contributed by atoms with Gasteiger partial charge in [-0.3, -0.25) is 0 Å². The van der Waals surface area contributed by atoms with Gasteiger partial charge >= 0.3 is 0 Å². The smallest absolute Gasteiger partial charge is 0.123 e. The Morgan fingerprint density at radius 2 is 2.11 bits per heavy atom. The first kappa shape index (κ1) is 13.5. The minimum absolute atomic E-state index is 0.142. The number of nitrogens with one attached hydrogen (secondary N) is 1. The van der Waals surface area contributed by atoms with Crippen LogP contribution in [0.15, 0.2) is 24.3 Å². The van der Waals surface area contributed by atoms with Crippen LogP contribution in [0, 0.1) is 11.7 Å². The second-order valence-electron chi connectivity index (χ2n) is 5.50. The van der Waals surface area contributed by atoms with E-state index in [0.29, 0.717) is 6.04 Å². The zero-order valence-electron chi connectivity index (χ0n) is 11.5. The maximum atomic E-state index is 13.2. The highest BCUT2D eigenvalue weighted by Crippen LogP contribution is 2.28. The van der Waals surface area contributed by atoms with Crippen molar-refractivity contribution in [2.75, 3.05) is 0 Å². The fourth-order valence-electron chi connectivity index (χ4n) is 3.11. The average molecular weight is 249 g/mol. The van der Waals surface area contributed by atoms with E-state index in [4.69, 9.17) is 0 Å². The van der Waals surface area contributed by atoms with Gasteiger partial charge in [-0.25, -0.2) is 4.39 Å². The van der Waals surface area contributed by atoms with Gasteiger partial charge in [0.1, 0.15) is 5.82 Å². The van der Waals surface area contributed by atoms with E-state index in [1.807, 2.05) is 6.07 Å². The molecule has 0 amide bonds. The van der Waals surface area contributed by atoms with Gasteiger partial charge in [0, 0.05) is 12.1 Å². The van der Waals surface area contributed by atoms with E-state index in [1.165, 1.54) is 38.2 Å². The average Bonchev–Trinajstić information content (AvgIpc) is 2.39. The molecule has 0 aromatic heterocycles. The van der Waals surface area contributed by atoms with Crippen LogP contribution in [0.4, 0.5) is 4.39 Å². The van der Waals surface area contributed by atoms with Crippen molar-refractivity contribution in [1.29, 1.82) is 0 Å². The molecule has 1 fully saturated rings. The van der Waals surface area contributed by atoms with Crippen LogP contribution >= 0.6 is 0 Å². The van der Waals surface area contributed by atoms with E-state index >= 15 is 0 Å². The molecule has 1 N–H and O–H groups in total. The second kappa shape index (κ2) is 6.33. The lowest BCUT2D eigenvalue weighted by molar-refractivity contribution is 0.240. The third kappa shape index (κ3) is 3.32. The largest absolute Gasteiger partial charge is 0.307 e. The fraction of sp³-hybridized carbons (Fsp3) is 0.625. The minimum Gasteiger partial charge on any atom is -0.307 e.